The number of benzene rings is 1. The second-order valence-corrected chi connectivity index (χ2v) is 6.07. The van der Waals surface area contributed by atoms with Crippen LogP contribution in [0, 0.1) is 0 Å². The lowest BCUT2D eigenvalue weighted by molar-refractivity contribution is 0.329. The first-order valence-electron chi connectivity index (χ1n) is 5.74. The largest absolute Gasteiger partial charge is 0.492 e. The zero-order valence-corrected chi connectivity index (χ0v) is 11.3. The van der Waals surface area contributed by atoms with E-state index in [0.717, 1.165) is 16.3 Å². The van der Waals surface area contributed by atoms with Crippen molar-refractivity contribution in [1.29, 1.82) is 0 Å². The maximum absolute atomic E-state index is 5.51. The van der Waals surface area contributed by atoms with E-state index in [4.69, 9.17) is 10.5 Å². The van der Waals surface area contributed by atoms with Gasteiger partial charge in [0.25, 0.3) is 0 Å². The second-order valence-electron chi connectivity index (χ2n) is 5.04. The van der Waals surface area contributed by atoms with Crippen molar-refractivity contribution in [2.24, 2.45) is 5.73 Å². The van der Waals surface area contributed by atoms with Crippen LogP contribution in [0.2, 0.25) is 0 Å². The Kier molecular flexibility index (Phi) is 3.35. The normalized spacial score (nSPS) is 12.0. The lowest BCUT2D eigenvalue weighted by Gasteiger charge is -2.13. The van der Waals surface area contributed by atoms with E-state index in [2.05, 4.69) is 25.8 Å². The van der Waals surface area contributed by atoms with Gasteiger partial charge in [-0.05, 0) is 18.2 Å². The molecule has 1 aromatic heterocycles. The van der Waals surface area contributed by atoms with Crippen LogP contribution in [0.3, 0.4) is 0 Å². The molecule has 0 saturated carbocycles. The highest BCUT2D eigenvalue weighted by Gasteiger charge is 2.18. The Morgan fingerprint density at radius 1 is 1.35 bits per heavy atom. The molecular weight excluding hydrogens is 232 g/mol. The first kappa shape index (κ1) is 12.3. The van der Waals surface area contributed by atoms with E-state index in [1.165, 1.54) is 4.70 Å². The maximum atomic E-state index is 5.51. The van der Waals surface area contributed by atoms with E-state index in [1.54, 1.807) is 11.3 Å². The number of hydrogen-bond donors (Lipinski definition) is 1. The van der Waals surface area contributed by atoms with Gasteiger partial charge in [-0.3, -0.25) is 0 Å². The standard InChI is InChI=1S/C13H18N2OS/c1-13(2,3)12-15-10-5-4-9(16-7-6-14)8-11(10)17-12/h4-5,8H,6-7,14H2,1-3H3. The van der Waals surface area contributed by atoms with Gasteiger partial charge in [-0.1, -0.05) is 20.8 Å². The SMILES string of the molecule is CC(C)(C)c1nc2ccc(OCCN)cc2s1. The zero-order chi connectivity index (χ0) is 12.5. The van der Waals surface area contributed by atoms with Crippen LogP contribution in [0.1, 0.15) is 25.8 Å². The fourth-order valence-electron chi connectivity index (χ4n) is 1.49. The van der Waals surface area contributed by atoms with E-state index in [0.29, 0.717) is 13.2 Å². The molecule has 1 heterocycles. The number of ether oxygens (including phenoxy) is 1. The van der Waals surface area contributed by atoms with E-state index in [9.17, 15) is 0 Å². The van der Waals surface area contributed by atoms with Crippen molar-refractivity contribution in [3.8, 4) is 5.75 Å². The predicted molar refractivity (Wildman–Crippen MR) is 72.9 cm³/mol. The summed E-state index contributed by atoms with van der Waals surface area (Å²) in [5, 5.41) is 1.16. The minimum atomic E-state index is 0.0992. The van der Waals surface area contributed by atoms with Gasteiger partial charge in [0.2, 0.25) is 0 Å². The van der Waals surface area contributed by atoms with Crippen LogP contribution >= 0.6 is 11.3 Å². The van der Waals surface area contributed by atoms with Gasteiger partial charge in [0.05, 0.1) is 15.2 Å². The number of aromatic nitrogens is 1. The number of hydrogen-bond acceptors (Lipinski definition) is 4. The first-order valence-corrected chi connectivity index (χ1v) is 6.56. The lowest BCUT2D eigenvalue weighted by Crippen LogP contribution is -2.10. The fourth-order valence-corrected chi connectivity index (χ4v) is 2.54. The van der Waals surface area contributed by atoms with Crippen molar-refractivity contribution in [3.63, 3.8) is 0 Å². The summed E-state index contributed by atoms with van der Waals surface area (Å²) in [4.78, 5) is 4.64. The molecule has 0 spiro atoms. The third-order valence-electron chi connectivity index (χ3n) is 2.39. The molecule has 0 aliphatic carbocycles. The minimum absolute atomic E-state index is 0.0992. The molecule has 0 fully saturated rings. The van der Waals surface area contributed by atoms with E-state index >= 15 is 0 Å². The van der Waals surface area contributed by atoms with Gasteiger partial charge in [0.1, 0.15) is 12.4 Å². The molecule has 0 radical (unpaired) electrons. The number of thiazole rings is 1. The molecule has 0 amide bonds. The fraction of sp³-hybridized carbons (Fsp3) is 0.462. The third kappa shape index (κ3) is 2.76. The Hall–Kier alpha value is -1.13. The number of fused-ring (bicyclic) bond motifs is 1. The van der Waals surface area contributed by atoms with Gasteiger partial charge in [0, 0.05) is 12.0 Å². The molecule has 4 heteroatoms. The average Bonchev–Trinajstić information content (AvgIpc) is 2.68. The van der Waals surface area contributed by atoms with Crippen LogP contribution in [-0.4, -0.2) is 18.1 Å². The van der Waals surface area contributed by atoms with Crippen LogP contribution in [0.5, 0.6) is 5.75 Å². The summed E-state index contributed by atoms with van der Waals surface area (Å²) >= 11 is 1.73. The third-order valence-corrected chi connectivity index (χ3v) is 3.83. The summed E-state index contributed by atoms with van der Waals surface area (Å²) in [6.07, 6.45) is 0. The predicted octanol–water partition coefficient (Wildman–Crippen LogP) is 2.93. The van der Waals surface area contributed by atoms with Gasteiger partial charge in [-0.15, -0.1) is 11.3 Å². The lowest BCUT2D eigenvalue weighted by atomic mass is 9.98. The van der Waals surface area contributed by atoms with Crippen LogP contribution in [0.15, 0.2) is 18.2 Å². The molecule has 3 nitrogen and oxygen atoms in total. The summed E-state index contributed by atoms with van der Waals surface area (Å²) in [5.74, 6) is 0.868. The maximum Gasteiger partial charge on any atom is 0.120 e. The minimum Gasteiger partial charge on any atom is -0.492 e. The van der Waals surface area contributed by atoms with Crippen molar-refractivity contribution >= 4 is 21.6 Å². The Labute approximate surface area is 106 Å². The molecule has 0 unspecified atom stereocenters. The van der Waals surface area contributed by atoms with Crippen LogP contribution in [0.4, 0.5) is 0 Å². The second kappa shape index (κ2) is 4.63. The van der Waals surface area contributed by atoms with E-state index in [1.807, 2.05) is 18.2 Å². The molecule has 17 heavy (non-hydrogen) atoms. The number of rotatable bonds is 3. The average molecular weight is 250 g/mol. The van der Waals surface area contributed by atoms with Crippen LogP contribution < -0.4 is 10.5 Å². The summed E-state index contributed by atoms with van der Waals surface area (Å²) in [6.45, 7) is 7.62. The van der Waals surface area contributed by atoms with Crippen molar-refractivity contribution in [2.45, 2.75) is 26.2 Å². The number of nitrogens with two attached hydrogens (primary N) is 1. The summed E-state index contributed by atoms with van der Waals surface area (Å²) < 4.78 is 6.68. The zero-order valence-electron chi connectivity index (χ0n) is 10.5. The van der Waals surface area contributed by atoms with Gasteiger partial charge < -0.3 is 10.5 Å². The Balaban J connectivity index is 2.34. The summed E-state index contributed by atoms with van der Waals surface area (Å²) in [7, 11) is 0. The van der Waals surface area contributed by atoms with Gasteiger partial charge >= 0.3 is 0 Å². The van der Waals surface area contributed by atoms with Crippen molar-refractivity contribution in [2.75, 3.05) is 13.2 Å². The molecule has 0 bridgehead atoms. The molecule has 0 aliphatic rings. The van der Waals surface area contributed by atoms with Crippen molar-refractivity contribution in [1.82, 2.24) is 4.98 Å². The van der Waals surface area contributed by atoms with E-state index in [-0.39, 0.29) is 5.41 Å². The molecule has 2 N–H and O–H groups in total. The quantitative estimate of drug-likeness (QED) is 0.911. The summed E-state index contributed by atoms with van der Waals surface area (Å²) in [6, 6.07) is 6.00. The van der Waals surface area contributed by atoms with Gasteiger partial charge in [0.15, 0.2) is 0 Å². The molecule has 0 aliphatic heterocycles. The van der Waals surface area contributed by atoms with Crippen LogP contribution in [0.25, 0.3) is 10.2 Å². The van der Waals surface area contributed by atoms with Gasteiger partial charge in [-0.2, -0.15) is 0 Å². The summed E-state index contributed by atoms with van der Waals surface area (Å²) in [5.41, 5.74) is 6.56. The van der Waals surface area contributed by atoms with Crippen molar-refractivity contribution in [3.05, 3.63) is 23.2 Å². The Morgan fingerprint density at radius 3 is 2.76 bits per heavy atom. The van der Waals surface area contributed by atoms with E-state index < -0.39 is 0 Å². The Bertz CT molecular complexity index is 514. The molecular formula is C13H18N2OS. The monoisotopic (exact) mass is 250 g/mol. The Morgan fingerprint density at radius 2 is 2.12 bits per heavy atom. The smallest absolute Gasteiger partial charge is 0.120 e. The highest BCUT2D eigenvalue weighted by Crippen LogP contribution is 2.32. The number of nitrogens with zero attached hydrogens (tertiary/aromatic N) is 1. The molecule has 2 aromatic rings. The molecule has 92 valence electrons. The molecule has 0 saturated heterocycles. The highest BCUT2D eigenvalue weighted by atomic mass is 32.1. The molecule has 0 atom stereocenters. The van der Waals surface area contributed by atoms with Crippen LogP contribution in [-0.2, 0) is 5.41 Å². The highest BCUT2D eigenvalue weighted by molar-refractivity contribution is 7.18. The van der Waals surface area contributed by atoms with Gasteiger partial charge in [-0.25, -0.2) is 4.98 Å². The molecule has 1 aromatic carbocycles. The molecule has 2 rings (SSSR count). The first-order chi connectivity index (χ1) is 8.00. The van der Waals surface area contributed by atoms with Crippen molar-refractivity contribution < 1.29 is 4.74 Å². The topological polar surface area (TPSA) is 48.1 Å².